The molecule has 0 saturated carbocycles. The Morgan fingerprint density at radius 2 is 2.15 bits per heavy atom. The first kappa shape index (κ1) is 17.2. The second-order valence-electron chi connectivity index (χ2n) is 7.49. The van der Waals surface area contributed by atoms with E-state index in [0.717, 1.165) is 48.6 Å². The fourth-order valence-corrected chi connectivity index (χ4v) is 4.16. The van der Waals surface area contributed by atoms with Crippen LogP contribution in [-0.2, 0) is 28.9 Å². The highest BCUT2D eigenvalue weighted by Crippen LogP contribution is 2.34. The van der Waals surface area contributed by atoms with Crippen molar-refractivity contribution >= 4 is 5.91 Å². The predicted molar refractivity (Wildman–Crippen MR) is 97.8 cm³/mol. The molecule has 3 heterocycles. The number of hydrogen-bond donors (Lipinski definition) is 0. The second-order valence-corrected chi connectivity index (χ2v) is 7.49. The Morgan fingerprint density at radius 1 is 1.31 bits per heavy atom. The molecule has 6 heteroatoms. The highest BCUT2D eigenvalue weighted by atomic mass is 16.5. The van der Waals surface area contributed by atoms with Crippen LogP contribution in [0.25, 0.3) is 0 Å². The number of methoxy groups -OCH3 is 1. The highest BCUT2D eigenvalue weighted by molar-refractivity contribution is 5.80. The van der Waals surface area contributed by atoms with E-state index >= 15 is 0 Å². The minimum Gasteiger partial charge on any atom is -0.380 e. The first-order valence-corrected chi connectivity index (χ1v) is 9.37. The fraction of sp³-hybridized carbons (Fsp3) is 0.550. The topological polar surface area (TPSA) is 60.3 Å². The molecule has 0 aliphatic carbocycles. The standard InChI is InChI=1S/C20H26N4O2/c1-13-6-7-14(2)15(9-13)10-19(25)24-12-16(26-3)11-17(24)20-22-21-18-5-4-8-23(18)20/h6-7,9,16-17H,4-5,8,10-12H2,1-3H3/t16-,17+/m1/s1. The van der Waals surface area contributed by atoms with E-state index in [4.69, 9.17) is 4.74 Å². The molecular weight excluding hydrogens is 328 g/mol. The number of aryl methyl sites for hydroxylation is 3. The van der Waals surface area contributed by atoms with Gasteiger partial charge in [-0.15, -0.1) is 10.2 Å². The van der Waals surface area contributed by atoms with Crippen molar-refractivity contribution in [2.75, 3.05) is 13.7 Å². The van der Waals surface area contributed by atoms with Crippen molar-refractivity contribution in [2.24, 2.45) is 0 Å². The summed E-state index contributed by atoms with van der Waals surface area (Å²) >= 11 is 0. The number of amides is 1. The lowest BCUT2D eigenvalue weighted by Crippen LogP contribution is -2.34. The van der Waals surface area contributed by atoms with Crippen molar-refractivity contribution in [3.63, 3.8) is 0 Å². The monoisotopic (exact) mass is 354 g/mol. The summed E-state index contributed by atoms with van der Waals surface area (Å²) in [6.07, 6.45) is 3.34. The quantitative estimate of drug-likeness (QED) is 0.846. The van der Waals surface area contributed by atoms with E-state index in [2.05, 4.69) is 46.8 Å². The summed E-state index contributed by atoms with van der Waals surface area (Å²) in [5.74, 6) is 2.10. The Labute approximate surface area is 154 Å². The number of carbonyl (C=O) groups excluding carboxylic acids is 1. The predicted octanol–water partition coefficient (Wildman–Crippen LogP) is 2.37. The van der Waals surface area contributed by atoms with E-state index in [-0.39, 0.29) is 18.1 Å². The van der Waals surface area contributed by atoms with Gasteiger partial charge in [-0.05, 0) is 31.4 Å². The first-order valence-electron chi connectivity index (χ1n) is 9.37. The molecule has 26 heavy (non-hydrogen) atoms. The minimum atomic E-state index is -0.0445. The number of carbonyl (C=O) groups is 1. The average Bonchev–Trinajstić information content (AvgIpc) is 3.32. The number of fused-ring (bicyclic) bond motifs is 1. The molecule has 2 atom stereocenters. The lowest BCUT2D eigenvalue weighted by molar-refractivity contribution is -0.132. The Kier molecular flexibility index (Phi) is 4.53. The van der Waals surface area contributed by atoms with Crippen LogP contribution in [0.4, 0.5) is 0 Å². The Balaban J connectivity index is 1.60. The van der Waals surface area contributed by atoms with Gasteiger partial charge in [0, 0.05) is 33.0 Å². The number of nitrogens with zero attached hydrogens (tertiary/aromatic N) is 4. The summed E-state index contributed by atoms with van der Waals surface area (Å²) in [6, 6.07) is 6.24. The van der Waals surface area contributed by atoms with E-state index in [0.29, 0.717) is 13.0 Å². The molecule has 1 fully saturated rings. The lowest BCUT2D eigenvalue weighted by atomic mass is 10.0. The number of benzene rings is 1. The molecule has 2 aliphatic heterocycles. The molecular formula is C20H26N4O2. The van der Waals surface area contributed by atoms with E-state index in [9.17, 15) is 4.79 Å². The van der Waals surface area contributed by atoms with Gasteiger partial charge in [0.2, 0.25) is 5.91 Å². The fourth-order valence-electron chi connectivity index (χ4n) is 4.16. The molecule has 6 nitrogen and oxygen atoms in total. The van der Waals surface area contributed by atoms with E-state index in [1.807, 2.05) is 4.90 Å². The molecule has 4 rings (SSSR count). The third kappa shape index (κ3) is 3.03. The summed E-state index contributed by atoms with van der Waals surface area (Å²) in [4.78, 5) is 15.1. The van der Waals surface area contributed by atoms with Gasteiger partial charge < -0.3 is 14.2 Å². The van der Waals surface area contributed by atoms with Crippen molar-refractivity contribution in [3.8, 4) is 0 Å². The Hall–Kier alpha value is -2.21. The van der Waals surface area contributed by atoms with Crippen molar-refractivity contribution in [1.82, 2.24) is 19.7 Å². The van der Waals surface area contributed by atoms with Crippen LogP contribution in [0.1, 0.15) is 47.2 Å². The van der Waals surface area contributed by atoms with Crippen LogP contribution in [0, 0.1) is 13.8 Å². The molecule has 2 aromatic rings. The number of rotatable bonds is 4. The zero-order chi connectivity index (χ0) is 18.3. The van der Waals surface area contributed by atoms with Gasteiger partial charge in [0.05, 0.1) is 18.6 Å². The van der Waals surface area contributed by atoms with Crippen LogP contribution < -0.4 is 0 Å². The number of likely N-dealkylation sites (tertiary alicyclic amines) is 1. The zero-order valence-electron chi connectivity index (χ0n) is 15.7. The summed E-state index contributed by atoms with van der Waals surface area (Å²) in [5.41, 5.74) is 3.44. The smallest absolute Gasteiger partial charge is 0.227 e. The van der Waals surface area contributed by atoms with Crippen molar-refractivity contribution in [3.05, 3.63) is 46.5 Å². The van der Waals surface area contributed by atoms with Gasteiger partial charge in [-0.2, -0.15) is 0 Å². The molecule has 1 saturated heterocycles. The summed E-state index contributed by atoms with van der Waals surface area (Å²) in [6.45, 7) is 5.69. The SMILES string of the molecule is CO[C@@H]1C[C@@H](c2nnc3n2CCC3)N(C(=O)Cc2cc(C)ccc2C)C1. The number of hydrogen-bond acceptors (Lipinski definition) is 4. The van der Waals surface area contributed by atoms with Crippen LogP contribution in [-0.4, -0.2) is 45.3 Å². The van der Waals surface area contributed by atoms with E-state index < -0.39 is 0 Å². The maximum absolute atomic E-state index is 13.2. The molecule has 1 aromatic carbocycles. The molecule has 0 radical (unpaired) electrons. The van der Waals surface area contributed by atoms with Gasteiger partial charge in [0.15, 0.2) is 5.82 Å². The van der Waals surface area contributed by atoms with Crippen LogP contribution in [0.5, 0.6) is 0 Å². The summed E-state index contributed by atoms with van der Waals surface area (Å²) < 4.78 is 7.78. The van der Waals surface area contributed by atoms with Crippen LogP contribution in [0.3, 0.4) is 0 Å². The zero-order valence-corrected chi connectivity index (χ0v) is 15.7. The van der Waals surface area contributed by atoms with Gasteiger partial charge in [-0.3, -0.25) is 4.79 Å². The Morgan fingerprint density at radius 3 is 2.96 bits per heavy atom. The number of ether oxygens (including phenoxy) is 1. The number of aromatic nitrogens is 3. The van der Waals surface area contributed by atoms with E-state index in [1.54, 1.807) is 7.11 Å². The lowest BCUT2D eigenvalue weighted by Gasteiger charge is -2.24. The Bertz CT molecular complexity index is 829. The molecule has 0 bridgehead atoms. The maximum Gasteiger partial charge on any atom is 0.227 e. The van der Waals surface area contributed by atoms with Crippen LogP contribution in [0.15, 0.2) is 18.2 Å². The van der Waals surface area contributed by atoms with Gasteiger partial charge in [0.1, 0.15) is 5.82 Å². The molecule has 0 unspecified atom stereocenters. The average molecular weight is 354 g/mol. The van der Waals surface area contributed by atoms with Crippen molar-refractivity contribution < 1.29 is 9.53 Å². The molecule has 2 aliphatic rings. The summed E-state index contributed by atoms with van der Waals surface area (Å²) in [5, 5.41) is 8.75. The van der Waals surface area contributed by atoms with Gasteiger partial charge in [-0.1, -0.05) is 23.8 Å². The van der Waals surface area contributed by atoms with E-state index in [1.165, 1.54) is 5.56 Å². The first-order chi connectivity index (χ1) is 12.6. The van der Waals surface area contributed by atoms with Crippen LogP contribution in [0.2, 0.25) is 0 Å². The second kappa shape index (κ2) is 6.83. The van der Waals surface area contributed by atoms with Gasteiger partial charge in [0.25, 0.3) is 0 Å². The third-order valence-electron chi connectivity index (χ3n) is 5.70. The van der Waals surface area contributed by atoms with Gasteiger partial charge >= 0.3 is 0 Å². The highest BCUT2D eigenvalue weighted by Gasteiger charge is 2.39. The molecule has 1 amide bonds. The van der Waals surface area contributed by atoms with Gasteiger partial charge in [-0.25, -0.2) is 0 Å². The molecule has 138 valence electrons. The molecule has 1 aromatic heterocycles. The minimum absolute atomic E-state index is 0.0445. The third-order valence-corrected chi connectivity index (χ3v) is 5.70. The molecule has 0 N–H and O–H groups in total. The largest absolute Gasteiger partial charge is 0.380 e. The maximum atomic E-state index is 13.2. The summed E-state index contributed by atoms with van der Waals surface area (Å²) in [7, 11) is 1.72. The molecule has 0 spiro atoms. The van der Waals surface area contributed by atoms with Crippen LogP contribution >= 0.6 is 0 Å². The normalized spacial score (nSPS) is 22.0. The van der Waals surface area contributed by atoms with Crippen molar-refractivity contribution in [1.29, 1.82) is 0 Å². The van der Waals surface area contributed by atoms with Crippen molar-refractivity contribution in [2.45, 2.75) is 58.2 Å².